The van der Waals surface area contributed by atoms with Gasteiger partial charge in [-0.15, -0.1) is 0 Å². The standard InChI is InChI=1S/C10H8BrFO3/c1-5(11)9(13)8-6(10(14)15)3-2-4-7(8)12/h2-5H,1H3,(H,14,15). The lowest BCUT2D eigenvalue weighted by Gasteiger charge is -2.07. The predicted molar refractivity (Wildman–Crippen MR) is 56.1 cm³/mol. The molecule has 3 nitrogen and oxygen atoms in total. The van der Waals surface area contributed by atoms with Crippen LogP contribution in [0.2, 0.25) is 0 Å². The van der Waals surface area contributed by atoms with E-state index in [0.717, 1.165) is 6.07 Å². The van der Waals surface area contributed by atoms with Gasteiger partial charge in [-0.3, -0.25) is 4.79 Å². The second kappa shape index (κ2) is 4.53. The lowest BCUT2D eigenvalue weighted by Crippen LogP contribution is -2.17. The topological polar surface area (TPSA) is 54.4 Å². The average Bonchev–Trinajstić information content (AvgIpc) is 2.16. The van der Waals surface area contributed by atoms with Crippen LogP contribution in [-0.4, -0.2) is 21.7 Å². The summed E-state index contributed by atoms with van der Waals surface area (Å²) in [5.74, 6) is -2.71. The first-order valence-electron chi connectivity index (χ1n) is 4.15. The zero-order valence-corrected chi connectivity index (χ0v) is 9.42. The van der Waals surface area contributed by atoms with Crippen molar-refractivity contribution in [3.05, 3.63) is 35.1 Å². The molecule has 0 fully saturated rings. The van der Waals surface area contributed by atoms with E-state index in [1.54, 1.807) is 0 Å². The summed E-state index contributed by atoms with van der Waals surface area (Å²) in [5, 5.41) is 8.79. The van der Waals surface area contributed by atoms with E-state index in [1.165, 1.54) is 19.1 Å². The molecule has 1 aromatic rings. The van der Waals surface area contributed by atoms with Crippen molar-refractivity contribution in [2.45, 2.75) is 11.8 Å². The molecular formula is C10H8BrFO3. The summed E-state index contributed by atoms with van der Waals surface area (Å²) in [7, 11) is 0. The van der Waals surface area contributed by atoms with Crippen LogP contribution >= 0.6 is 15.9 Å². The lowest BCUT2D eigenvalue weighted by molar-refractivity contribution is 0.0691. The Balaban J connectivity index is 3.37. The van der Waals surface area contributed by atoms with Crippen molar-refractivity contribution >= 4 is 27.7 Å². The molecule has 0 amide bonds. The first kappa shape index (κ1) is 11.8. The number of hydrogen-bond acceptors (Lipinski definition) is 2. The third-order valence-corrected chi connectivity index (χ3v) is 2.27. The summed E-state index contributed by atoms with van der Waals surface area (Å²) in [6.45, 7) is 1.51. The van der Waals surface area contributed by atoms with Crippen molar-refractivity contribution < 1.29 is 19.1 Å². The fraction of sp³-hybridized carbons (Fsp3) is 0.200. The molecule has 0 radical (unpaired) electrons. The minimum Gasteiger partial charge on any atom is -0.478 e. The summed E-state index contributed by atoms with van der Waals surface area (Å²) in [6, 6.07) is 3.53. The van der Waals surface area contributed by atoms with E-state index in [-0.39, 0.29) is 11.1 Å². The van der Waals surface area contributed by atoms with Gasteiger partial charge in [0.25, 0.3) is 0 Å². The van der Waals surface area contributed by atoms with Crippen molar-refractivity contribution in [3.63, 3.8) is 0 Å². The number of Topliss-reactive ketones (excluding diaryl/α,β-unsaturated/α-hetero) is 1. The molecule has 1 atom stereocenters. The number of carboxylic acids is 1. The smallest absolute Gasteiger partial charge is 0.336 e. The third kappa shape index (κ3) is 2.41. The Hall–Kier alpha value is -1.23. The Morgan fingerprint density at radius 2 is 2.07 bits per heavy atom. The molecule has 1 aromatic carbocycles. The largest absolute Gasteiger partial charge is 0.478 e. The number of benzene rings is 1. The molecule has 5 heteroatoms. The molecule has 0 aliphatic carbocycles. The summed E-state index contributed by atoms with van der Waals surface area (Å²) in [4.78, 5) is 21.7. The van der Waals surface area contributed by atoms with Crippen molar-refractivity contribution in [2.24, 2.45) is 0 Å². The van der Waals surface area contributed by atoms with Crippen LogP contribution < -0.4 is 0 Å². The average molecular weight is 275 g/mol. The number of alkyl halides is 1. The fourth-order valence-electron chi connectivity index (χ4n) is 1.15. The number of carbonyl (C=O) groups is 2. The monoisotopic (exact) mass is 274 g/mol. The zero-order valence-electron chi connectivity index (χ0n) is 7.83. The Morgan fingerprint density at radius 3 is 2.53 bits per heavy atom. The Labute approximate surface area is 94.0 Å². The van der Waals surface area contributed by atoms with Crippen LogP contribution in [0.5, 0.6) is 0 Å². The van der Waals surface area contributed by atoms with Crippen LogP contribution in [0.25, 0.3) is 0 Å². The first-order chi connectivity index (χ1) is 6.95. The van der Waals surface area contributed by atoms with E-state index in [9.17, 15) is 14.0 Å². The number of halogens is 2. The number of ketones is 1. The van der Waals surface area contributed by atoms with Gasteiger partial charge in [0.15, 0.2) is 5.78 Å². The second-order valence-corrected chi connectivity index (χ2v) is 4.32. The molecule has 1 N–H and O–H groups in total. The minimum atomic E-state index is -1.31. The lowest BCUT2D eigenvalue weighted by atomic mass is 10.0. The van der Waals surface area contributed by atoms with Crippen molar-refractivity contribution in [1.82, 2.24) is 0 Å². The highest BCUT2D eigenvalue weighted by molar-refractivity contribution is 9.10. The highest BCUT2D eigenvalue weighted by atomic mass is 79.9. The van der Waals surface area contributed by atoms with Crippen molar-refractivity contribution in [3.8, 4) is 0 Å². The van der Waals surface area contributed by atoms with Crippen LogP contribution in [-0.2, 0) is 0 Å². The van der Waals surface area contributed by atoms with E-state index in [1.807, 2.05) is 0 Å². The molecule has 0 bridgehead atoms. The zero-order chi connectivity index (χ0) is 11.6. The molecule has 1 rings (SSSR count). The quantitative estimate of drug-likeness (QED) is 0.681. The van der Waals surface area contributed by atoms with Crippen LogP contribution in [0.1, 0.15) is 27.6 Å². The predicted octanol–water partition coefficient (Wildman–Crippen LogP) is 2.49. The molecule has 0 aromatic heterocycles. The molecule has 0 aliphatic heterocycles. The number of carbonyl (C=O) groups excluding carboxylic acids is 1. The van der Waals surface area contributed by atoms with Gasteiger partial charge in [-0.25, -0.2) is 9.18 Å². The third-order valence-electron chi connectivity index (χ3n) is 1.85. The maximum atomic E-state index is 13.3. The van der Waals surface area contributed by atoms with Gasteiger partial charge in [0, 0.05) is 0 Å². The summed E-state index contributed by atoms with van der Waals surface area (Å²) < 4.78 is 13.3. The molecule has 0 heterocycles. The SMILES string of the molecule is CC(Br)C(=O)c1c(F)cccc1C(=O)O. The summed E-state index contributed by atoms with van der Waals surface area (Å²) in [6.07, 6.45) is 0. The van der Waals surface area contributed by atoms with E-state index in [2.05, 4.69) is 15.9 Å². The van der Waals surface area contributed by atoms with Crippen molar-refractivity contribution in [1.29, 1.82) is 0 Å². The summed E-state index contributed by atoms with van der Waals surface area (Å²) in [5.41, 5.74) is -0.694. The number of aromatic carboxylic acids is 1. The van der Waals surface area contributed by atoms with Crippen LogP contribution in [0, 0.1) is 5.82 Å². The Kier molecular flexibility index (Phi) is 3.57. The molecule has 0 spiro atoms. The van der Waals surface area contributed by atoms with Gasteiger partial charge in [-0.1, -0.05) is 22.0 Å². The molecule has 80 valence electrons. The minimum absolute atomic E-state index is 0.314. The number of carboxylic acid groups (broad SMARTS) is 1. The maximum absolute atomic E-state index is 13.3. The fourth-order valence-corrected chi connectivity index (χ4v) is 1.38. The first-order valence-corrected chi connectivity index (χ1v) is 5.06. The summed E-state index contributed by atoms with van der Waals surface area (Å²) >= 11 is 2.98. The van der Waals surface area contributed by atoms with Crippen molar-refractivity contribution in [2.75, 3.05) is 0 Å². The number of rotatable bonds is 3. The van der Waals surface area contributed by atoms with Crippen LogP contribution in [0.4, 0.5) is 4.39 Å². The Morgan fingerprint density at radius 1 is 1.47 bits per heavy atom. The van der Waals surface area contributed by atoms with Gasteiger partial charge in [0.05, 0.1) is 16.0 Å². The second-order valence-electron chi connectivity index (χ2n) is 2.95. The molecule has 0 saturated carbocycles. The van der Waals surface area contributed by atoms with Gasteiger partial charge in [0.2, 0.25) is 0 Å². The molecule has 0 saturated heterocycles. The highest BCUT2D eigenvalue weighted by Gasteiger charge is 2.23. The molecular weight excluding hydrogens is 267 g/mol. The van der Waals surface area contributed by atoms with Gasteiger partial charge >= 0.3 is 5.97 Å². The normalized spacial score (nSPS) is 12.2. The van der Waals surface area contributed by atoms with Gasteiger partial charge in [0.1, 0.15) is 5.82 Å². The van der Waals surface area contributed by atoms with Gasteiger partial charge in [-0.05, 0) is 19.1 Å². The van der Waals surface area contributed by atoms with E-state index >= 15 is 0 Å². The highest BCUT2D eigenvalue weighted by Crippen LogP contribution is 2.18. The van der Waals surface area contributed by atoms with Gasteiger partial charge in [-0.2, -0.15) is 0 Å². The van der Waals surface area contributed by atoms with E-state index < -0.39 is 22.4 Å². The van der Waals surface area contributed by atoms with E-state index in [4.69, 9.17) is 5.11 Å². The van der Waals surface area contributed by atoms with Crippen LogP contribution in [0.15, 0.2) is 18.2 Å². The van der Waals surface area contributed by atoms with Gasteiger partial charge < -0.3 is 5.11 Å². The molecule has 15 heavy (non-hydrogen) atoms. The molecule has 1 unspecified atom stereocenters. The number of hydrogen-bond donors (Lipinski definition) is 1. The Bertz CT molecular complexity index is 415. The van der Waals surface area contributed by atoms with Crippen LogP contribution in [0.3, 0.4) is 0 Å². The van der Waals surface area contributed by atoms with E-state index in [0.29, 0.717) is 0 Å². The molecule has 0 aliphatic rings. The maximum Gasteiger partial charge on any atom is 0.336 e.